The Labute approximate surface area is 118 Å². The fourth-order valence-corrected chi connectivity index (χ4v) is 1.49. The van der Waals surface area contributed by atoms with E-state index in [4.69, 9.17) is 4.74 Å². The van der Waals surface area contributed by atoms with E-state index >= 15 is 0 Å². The van der Waals surface area contributed by atoms with Gasteiger partial charge in [0, 0.05) is 25.4 Å². The van der Waals surface area contributed by atoms with Gasteiger partial charge in [-0.25, -0.2) is 4.98 Å². The normalized spacial score (nSPS) is 13.4. The molecule has 0 unspecified atom stereocenters. The Hall–Kier alpha value is -1.05. The number of ether oxygens (including phenoxy) is 1. The smallest absolute Gasteiger partial charge is 0.213 e. The molecular weight excluding hydrogens is 331 g/mol. The molecule has 2 rings (SSSR count). The lowest BCUT2D eigenvalue weighted by Crippen LogP contribution is -2.33. The molecular formula is C11H17IN4O. The predicted molar refractivity (Wildman–Crippen MR) is 78.0 cm³/mol. The number of guanidine groups is 1. The lowest BCUT2D eigenvalue weighted by molar-refractivity contribution is 0.326. The van der Waals surface area contributed by atoms with Crippen molar-refractivity contribution in [3.8, 4) is 5.88 Å². The Morgan fingerprint density at radius 3 is 3.12 bits per heavy atom. The van der Waals surface area contributed by atoms with E-state index in [2.05, 4.69) is 20.6 Å². The largest absolute Gasteiger partial charge is 0.478 e. The average Bonchev–Trinajstić information content (AvgIpc) is 2.80. The molecule has 0 amide bonds. The van der Waals surface area contributed by atoms with Gasteiger partial charge in [-0.15, -0.1) is 24.0 Å². The number of aromatic nitrogens is 1. The van der Waals surface area contributed by atoms with Gasteiger partial charge in [-0.3, -0.25) is 4.99 Å². The molecule has 6 heteroatoms. The molecule has 1 aliphatic rings. The summed E-state index contributed by atoms with van der Waals surface area (Å²) < 4.78 is 5.33. The molecule has 94 valence electrons. The summed E-state index contributed by atoms with van der Waals surface area (Å²) in [7, 11) is 0. The van der Waals surface area contributed by atoms with Crippen molar-refractivity contribution in [3.05, 3.63) is 23.9 Å². The summed E-state index contributed by atoms with van der Waals surface area (Å²) in [6, 6.07) is 3.90. The summed E-state index contributed by atoms with van der Waals surface area (Å²) in [4.78, 5) is 8.37. The number of nitrogens with zero attached hydrogens (tertiary/aromatic N) is 2. The topological polar surface area (TPSA) is 58.5 Å². The molecule has 2 N–H and O–H groups in total. The molecule has 0 aliphatic carbocycles. The Kier molecular flexibility index (Phi) is 6.03. The second-order valence-electron chi connectivity index (χ2n) is 3.45. The number of aliphatic imine (C=N–C) groups is 1. The van der Waals surface area contributed by atoms with E-state index < -0.39 is 0 Å². The fourth-order valence-electron chi connectivity index (χ4n) is 1.49. The molecule has 0 aromatic carbocycles. The summed E-state index contributed by atoms with van der Waals surface area (Å²) >= 11 is 0. The van der Waals surface area contributed by atoms with Crippen molar-refractivity contribution in [3.63, 3.8) is 0 Å². The van der Waals surface area contributed by atoms with E-state index in [0.29, 0.717) is 12.5 Å². The van der Waals surface area contributed by atoms with Crippen LogP contribution in [0.25, 0.3) is 0 Å². The van der Waals surface area contributed by atoms with Crippen LogP contribution in [0.5, 0.6) is 5.88 Å². The highest BCUT2D eigenvalue weighted by atomic mass is 127. The molecule has 0 saturated heterocycles. The number of halogens is 1. The Bertz CT molecular complexity index is 383. The minimum Gasteiger partial charge on any atom is -0.478 e. The molecule has 0 spiro atoms. The van der Waals surface area contributed by atoms with Crippen LogP contribution in [0, 0.1) is 0 Å². The fraction of sp³-hybridized carbons (Fsp3) is 0.455. The first kappa shape index (κ1) is 14.0. The minimum absolute atomic E-state index is 0. The molecule has 0 radical (unpaired) electrons. The van der Waals surface area contributed by atoms with Gasteiger partial charge < -0.3 is 15.4 Å². The molecule has 0 saturated carbocycles. The molecule has 0 bridgehead atoms. The van der Waals surface area contributed by atoms with E-state index in [9.17, 15) is 0 Å². The van der Waals surface area contributed by atoms with Gasteiger partial charge in [-0.1, -0.05) is 0 Å². The SMILES string of the molecule is CCOc1cc(CNC2=NCCN2)ccn1.I. The highest BCUT2D eigenvalue weighted by Gasteiger charge is 2.04. The van der Waals surface area contributed by atoms with Crippen LogP contribution >= 0.6 is 24.0 Å². The molecule has 5 nitrogen and oxygen atoms in total. The van der Waals surface area contributed by atoms with E-state index in [0.717, 1.165) is 31.2 Å². The lowest BCUT2D eigenvalue weighted by atomic mass is 10.2. The third kappa shape index (κ3) is 4.37. The molecule has 0 fully saturated rings. The number of nitrogens with one attached hydrogen (secondary N) is 2. The maximum atomic E-state index is 5.33. The number of hydrogen-bond acceptors (Lipinski definition) is 5. The first-order chi connectivity index (χ1) is 7.88. The summed E-state index contributed by atoms with van der Waals surface area (Å²) in [6.07, 6.45) is 1.76. The maximum absolute atomic E-state index is 5.33. The van der Waals surface area contributed by atoms with Crippen molar-refractivity contribution in [1.82, 2.24) is 15.6 Å². The quantitative estimate of drug-likeness (QED) is 0.802. The molecule has 1 aromatic rings. The lowest BCUT2D eigenvalue weighted by Gasteiger charge is -2.07. The first-order valence-corrected chi connectivity index (χ1v) is 5.48. The van der Waals surface area contributed by atoms with Gasteiger partial charge in [-0.05, 0) is 18.6 Å². The minimum atomic E-state index is 0. The van der Waals surface area contributed by atoms with Crippen LogP contribution in [0.15, 0.2) is 23.3 Å². The highest BCUT2D eigenvalue weighted by Crippen LogP contribution is 2.08. The highest BCUT2D eigenvalue weighted by molar-refractivity contribution is 14.0. The van der Waals surface area contributed by atoms with Crippen molar-refractivity contribution >= 4 is 29.9 Å². The van der Waals surface area contributed by atoms with Gasteiger partial charge in [-0.2, -0.15) is 0 Å². The Morgan fingerprint density at radius 2 is 2.41 bits per heavy atom. The van der Waals surface area contributed by atoms with Crippen LogP contribution in [0.2, 0.25) is 0 Å². The number of rotatable bonds is 4. The predicted octanol–water partition coefficient (Wildman–Crippen LogP) is 1.15. The van der Waals surface area contributed by atoms with Crippen LogP contribution in [0.1, 0.15) is 12.5 Å². The average molecular weight is 348 g/mol. The van der Waals surface area contributed by atoms with Gasteiger partial charge in [0.2, 0.25) is 5.88 Å². The number of hydrogen-bond donors (Lipinski definition) is 2. The first-order valence-electron chi connectivity index (χ1n) is 5.48. The van der Waals surface area contributed by atoms with Crippen molar-refractivity contribution in [2.24, 2.45) is 4.99 Å². The second kappa shape index (κ2) is 7.31. The summed E-state index contributed by atoms with van der Waals surface area (Å²) in [5.74, 6) is 1.54. The van der Waals surface area contributed by atoms with Gasteiger partial charge in [0.25, 0.3) is 0 Å². The summed E-state index contributed by atoms with van der Waals surface area (Å²) in [5.41, 5.74) is 1.13. The van der Waals surface area contributed by atoms with Crippen molar-refractivity contribution in [1.29, 1.82) is 0 Å². The third-order valence-electron chi connectivity index (χ3n) is 2.23. The van der Waals surface area contributed by atoms with Gasteiger partial charge in [0.05, 0.1) is 13.2 Å². The monoisotopic (exact) mass is 348 g/mol. The second-order valence-corrected chi connectivity index (χ2v) is 3.45. The summed E-state index contributed by atoms with van der Waals surface area (Å²) in [5, 5.41) is 6.38. The molecule has 1 aliphatic heterocycles. The van der Waals surface area contributed by atoms with E-state index in [1.54, 1.807) is 6.20 Å². The van der Waals surface area contributed by atoms with Gasteiger partial charge >= 0.3 is 0 Å². The van der Waals surface area contributed by atoms with E-state index in [-0.39, 0.29) is 24.0 Å². The van der Waals surface area contributed by atoms with Crippen LogP contribution < -0.4 is 15.4 Å². The van der Waals surface area contributed by atoms with Crippen LogP contribution in [-0.2, 0) is 6.54 Å². The summed E-state index contributed by atoms with van der Waals surface area (Å²) in [6.45, 7) is 5.09. The van der Waals surface area contributed by atoms with Gasteiger partial charge in [0.15, 0.2) is 5.96 Å². The van der Waals surface area contributed by atoms with Gasteiger partial charge in [0.1, 0.15) is 0 Å². The van der Waals surface area contributed by atoms with E-state index in [1.807, 2.05) is 19.1 Å². The number of pyridine rings is 1. The molecule has 1 aromatic heterocycles. The van der Waals surface area contributed by atoms with Crippen molar-refractivity contribution < 1.29 is 4.74 Å². The zero-order chi connectivity index (χ0) is 11.2. The van der Waals surface area contributed by atoms with Crippen LogP contribution in [0.4, 0.5) is 0 Å². The van der Waals surface area contributed by atoms with Crippen molar-refractivity contribution in [2.75, 3.05) is 19.7 Å². The van der Waals surface area contributed by atoms with Crippen LogP contribution in [0.3, 0.4) is 0 Å². The van der Waals surface area contributed by atoms with Crippen LogP contribution in [-0.4, -0.2) is 30.6 Å². The molecule has 2 heterocycles. The standard InChI is InChI=1S/C11H16N4O.HI/c1-2-16-10-7-9(3-4-12-10)8-15-11-13-5-6-14-11;/h3-4,7H,2,5-6,8H2,1H3,(H2,13,14,15);1H. The van der Waals surface area contributed by atoms with Crippen molar-refractivity contribution in [2.45, 2.75) is 13.5 Å². The zero-order valence-electron chi connectivity index (χ0n) is 9.77. The maximum Gasteiger partial charge on any atom is 0.213 e. The zero-order valence-corrected chi connectivity index (χ0v) is 12.1. The third-order valence-corrected chi connectivity index (χ3v) is 2.23. The Balaban J connectivity index is 0.00000144. The molecule has 0 atom stereocenters. The molecule has 17 heavy (non-hydrogen) atoms. The van der Waals surface area contributed by atoms with E-state index in [1.165, 1.54) is 0 Å². The Morgan fingerprint density at radius 1 is 1.53 bits per heavy atom.